The Hall–Kier alpha value is -2.51. The summed E-state index contributed by atoms with van der Waals surface area (Å²) in [6.07, 6.45) is 0. The van der Waals surface area contributed by atoms with E-state index in [1.807, 2.05) is 19.1 Å². The zero-order valence-corrected chi connectivity index (χ0v) is 16.7. The van der Waals surface area contributed by atoms with Crippen LogP contribution in [0.3, 0.4) is 0 Å². The van der Waals surface area contributed by atoms with E-state index in [4.69, 9.17) is 0 Å². The molecule has 7 heteroatoms. The van der Waals surface area contributed by atoms with Crippen molar-refractivity contribution in [3.8, 4) is 0 Å². The number of Topliss-reactive ketones (excluding diaryl/α,β-unsaturated/α-hetero) is 1. The average molecular weight is 388 g/mol. The van der Waals surface area contributed by atoms with Gasteiger partial charge in [-0.3, -0.25) is 9.59 Å². The highest BCUT2D eigenvalue weighted by atomic mass is 32.2. The van der Waals surface area contributed by atoms with Crippen LogP contribution >= 0.6 is 0 Å². The van der Waals surface area contributed by atoms with Gasteiger partial charge in [0.15, 0.2) is 5.78 Å². The fourth-order valence-electron chi connectivity index (χ4n) is 2.68. The van der Waals surface area contributed by atoms with Crippen LogP contribution in [0.5, 0.6) is 0 Å². The van der Waals surface area contributed by atoms with Crippen molar-refractivity contribution in [1.29, 1.82) is 0 Å². The van der Waals surface area contributed by atoms with Crippen molar-refractivity contribution in [2.75, 3.05) is 11.9 Å². The molecule has 0 fully saturated rings. The second-order valence-electron chi connectivity index (χ2n) is 6.32. The van der Waals surface area contributed by atoms with Crippen molar-refractivity contribution in [2.24, 2.45) is 0 Å². The van der Waals surface area contributed by atoms with Gasteiger partial charge in [-0.1, -0.05) is 36.8 Å². The molecule has 0 heterocycles. The van der Waals surface area contributed by atoms with Gasteiger partial charge >= 0.3 is 0 Å². The number of likely N-dealkylation sites (N-methyl/N-ethyl adjacent to an activating group) is 1. The van der Waals surface area contributed by atoms with Crippen LogP contribution in [-0.4, -0.2) is 37.0 Å². The zero-order valence-electron chi connectivity index (χ0n) is 15.9. The summed E-state index contributed by atoms with van der Waals surface area (Å²) in [5.41, 5.74) is 1.97. The van der Waals surface area contributed by atoms with Crippen LogP contribution in [0.1, 0.15) is 36.7 Å². The van der Waals surface area contributed by atoms with Crippen molar-refractivity contribution in [3.63, 3.8) is 0 Å². The first kappa shape index (κ1) is 20.8. The molecule has 0 saturated heterocycles. The number of ketones is 1. The van der Waals surface area contributed by atoms with Gasteiger partial charge in [0, 0.05) is 17.8 Å². The minimum absolute atomic E-state index is 0.00737. The molecule has 2 aromatic rings. The third-order valence-corrected chi connectivity index (χ3v) is 6.33. The molecular weight excluding hydrogens is 364 g/mol. The highest BCUT2D eigenvalue weighted by Crippen LogP contribution is 2.20. The van der Waals surface area contributed by atoms with Gasteiger partial charge in [0.25, 0.3) is 0 Å². The third kappa shape index (κ3) is 4.81. The van der Waals surface area contributed by atoms with Crippen molar-refractivity contribution < 1.29 is 18.0 Å². The van der Waals surface area contributed by atoms with Gasteiger partial charge in [0.2, 0.25) is 15.9 Å². The Morgan fingerprint density at radius 1 is 1.11 bits per heavy atom. The topological polar surface area (TPSA) is 83.6 Å². The highest BCUT2D eigenvalue weighted by molar-refractivity contribution is 7.89. The van der Waals surface area contributed by atoms with Gasteiger partial charge in [0.1, 0.15) is 6.04 Å². The lowest BCUT2D eigenvalue weighted by molar-refractivity contribution is -0.119. The number of benzene rings is 2. The summed E-state index contributed by atoms with van der Waals surface area (Å²) in [4.78, 5) is 24.1. The van der Waals surface area contributed by atoms with Crippen molar-refractivity contribution in [3.05, 3.63) is 59.7 Å². The van der Waals surface area contributed by atoms with Crippen LogP contribution in [0, 0.1) is 6.92 Å². The molecule has 1 N–H and O–H groups in total. The fraction of sp³-hybridized carbons (Fsp3) is 0.300. The van der Waals surface area contributed by atoms with Crippen molar-refractivity contribution >= 4 is 27.4 Å². The second kappa shape index (κ2) is 8.45. The summed E-state index contributed by atoms with van der Waals surface area (Å²) < 4.78 is 27.2. The molecule has 2 rings (SSSR count). The van der Waals surface area contributed by atoms with E-state index in [2.05, 4.69) is 5.32 Å². The molecule has 0 unspecified atom stereocenters. The lowest BCUT2D eigenvalue weighted by Crippen LogP contribution is -2.45. The number of amides is 1. The summed E-state index contributed by atoms with van der Waals surface area (Å²) in [7, 11) is -3.93. The molecule has 2 aromatic carbocycles. The second-order valence-corrected chi connectivity index (χ2v) is 8.21. The Morgan fingerprint density at radius 2 is 1.74 bits per heavy atom. The number of anilines is 1. The predicted molar refractivity (Wildman–Crippen MR) is 105 cm³/mol. The number of hydrogen-bond donors (Lipinski definition) is 1. The third-order valence-electron chi connectivity index (χ3n) is 4.29. The van der Waals surface area contributed by atoms with Crippen LogP contribution in [0.25, 0.3) is 0 Å². The maximum atomic E-state index is 13.0. The van der Waals surface area contributed by atoms with Crippen LogP contribution in [-0.2, 0) is 14.8 Å². The number of aryl methyl sites for hydroxylation is 1. The highest BCUT2D eigenvalue weighted by Gasteiger charge is 2.32. The Balaban J connectivity index is 2.27. The van der Waals surface area contributed by atoms with Crippen molar-refractivity contribution in [2.45, 2.75) is 38.6 Å². The van der Waals surface area contributed by atoms with Crippen LogP contribution < -0.4 is 5.32 Å². The number of nitrogens with one attached hydrogen (secondary N) is 1. The monoisotopic (exact) mass is 388 g/mol. The fourth-order valence-corrected chi connectivity index (χ4v) is 4.33. The first-order valence-corrected chi connectivity index (χ1v) is 10.1. The van der Waals surface area contributed by atoms with Gasteiger partial charge in [-0.2, -0.15) is 4.31 Å². The molecule has 0 aromatic heterocycles. The molecule has 0 radical (unpaired) electrons. The Morgan fingerprint density at radius 3 is 2.30 bits per heavy atom. The van der Waals surface area contributed by atoms with E-state index in [1.165, 1.54) is 25.1 Å². The number of hydrogen-bond acceptors (Lipinski definition) is 4. The maximum absolute atomic E-state index is 13.0. The lowest BCUT2D eigenvalue weighted by atomic mass is 10.2. The predicted octanol–water partition coefficient (Wildman–Crippen LogP) is 3.24. The number of nitrogens with zero attached hydrogens (tertiary/aromatic N) is 1. The number of carbonyl (C=O) groups is 2. The van der Waals surface area contributed by atoms with Gasteiger partial charge < -0.3 is 5.32 Å². The zero-order chi connectivity index (χ0) is 20.2. The first-order chi connectivity index (χ1) is 12.7. The molecule has 0 bridgehead atoms. The summed E-state index contributed by atoms with van der Waals surface area (Å²) in [5.74, 6) is -0.646. The van der Waals surface area contributed by atoms with E-state index in [9.17, 15) is 18.0 Å². The van der Waals surface area contributed by atoms with E-state index in [0.717, 1.165) is 9.87 Å². The largest absolute Gasteiger partial charge is 0.325 e. The summed E-state index contributed by atoms with van der Waals surface area (Å²) in [5, 5.41) is 2.74. The van der Waals surface area contributed by atoms with E-state index in [-0.39, 0.29) is 17.2 Å². The van der Waals surface area contributed by atoms with Crippen LogP contribution in [0.15, 0.2) is 53.4 Å². The van der Waals surface area contributed by atoms with E-state index >= 15 is 0 Å². The molecule has 0 aliphatic rings. The molecule has 0 aliphatic heterocycles. The normalized spacial score (nSPS) is 12.6. The summed E-state index contributed by atoms with van der Waals surface area (Å²) in [6, 6.07) is 12.2. The van der Waals surface area contributed by atoms with Gasteiger partial charge in [-0.25, -0.2) is 8.42 Å². The van der Waals surface area contributed by atoms with Gasteiger partial charge in [-0.05, 0) is 45.0 Å². The molecular formula is C20H24N2O4S. The smallest absolute Gasteiger partial charge is 0.243 e. The minimum Gasteiger partial charge on any atom is -0.325 e. The number of sulfonamides is 1. The Labute approximate surface area is 160 Å². The van der Waals surface area contributed by atoms with Crippen molar-refractivity contribution in [1.82, 2.24) is 4.31 Å². The molecule has 0 spiro atoms. The maximum Gasteiger partial charge on any atom is 0.243 e. The van der Waals surface area contributed by atoms with Gasteiger partial charge in [-0.15, -0.1) is 0 Å². The minimum atomic E-state index is -3.93. The molecule has 27 heavy (non-hydrogen) atoms. The van der Waals surface area contributed by atoms with E-state index < -0.39 is 22.0 Å². The molecule has 6 nitrogen and oxygen atoms in total. The lowest BCUT2D eigenvalue weighted by Gasteiger charge is -2.26. The molecule has 0 saturated carbocycles. The summed E-state index contributed by atoms with van der Waals surface area (Å²) >= 11 is 0. The average Bonchev–Trinajstić information content (AvgIpc) is 2.64. The van der Waals surface area contributed by atoms with Gasteiger partial charge in [0.05, 0.1) is 4.90 Å². The van der Waals surface area contributed by atoms with Crippen LogP contribution in [0.4, 0.5) is 5.69 Å². The number of rotatable bonds is 7. The van der Waals surface area contributed by atoms with E-state index in [0.29, 0.717) is 11.3 Å². The first-order valence-electron chi connectivity index (χ1n) is 8.67. The standard InChI is InChI=1S/C20H24N2O4S/c1-5-22(15(3)20(24)21-18-11-9-14(2)10-12-18)27(25,26)19-8-6-7-17(13-19)16(4)23/h6-13,15H,5H2,1-4H3,(H,21,24)/t15-/m1/s1. The molecule has 1 amide bonds. The Bertz CT molecular complexity index is 937. The number of carbonyl (C=O) groups excluding carboxylic acids is 2. The Kier molecular flexibility index (Phi) is 6.51. The summed E-state index contributed by atoms with van der Waals surface area (Å²) in [6.45, 7) is 6.65. The SMILES string of the molecule is CCN([C@H](C)C(=O)Nc1ccc(C)cc1)S(=O)(=O)c1cccc(C(C)=O)c1. The molecule has 0 aliphatic carbocycles. The quantitative estimate of drug-likeness (QED) is 0.738. The van der Waals surface area contributed by atoms with Crippen LogP contribution in [0.2, 0.25) is 0 Å². The molecule has 1 atom stereocenters. The van der Waals surface area contributed by atoms with E-state index in [1.54, 1.807) is 32.0 Å². The molecule has 144 valence electrons.